The lowest BCUT2D eigenvalue weighted by atomic mass is 10.2. The molecule has 1 atom stereocenters. The maximum Gasteiger partial charge on any atom is 0.141 e. The number of hydrogen-bond acceptors (Lipinski definition) is 4. The summed E-state index contributed by atoms with van der Waals surface area (Å²) in [6.07, 6.45) is 7.49. The Kier molecular flexibility index (Phi) is 2.72. The zero-order valence-electron chi connectivity index (χ0n) is 10.4. The van der Waals surface area contributed by atoms with Gasteiger partial charge >= 0.3 is 0 Å². The molecular formula is C13H12N6. The van der Waals surface area contributed by atoms with Crippen LogP contribution in [0, 0.1) is 11.3 Å². The van der Waals surface area contributed by atoms with Crippen LogP contribution in [0.25, 0.3) is 22.3 Å². The minimum absolute atomic E-state index is 0.0577. The fourth-order valence-electron chi connectivity index (χ4n) is 2.03. The number of H-pyrrole nitrogens is 1. The molecule has 0 saturated carbocycles. The summed E-state index contributed by atoms with van der Waals surface area (Å²) in [5.41, 5.74) is 2.58. The highest BCUT2D eigenvalue weighted by atomic mass is 15.3. The quantitative estimate of drug-likeness (QED) is 0.775. The minimum atomic E-state index is 0.0577. The van der Waals surface area contributed by atoms with Gasteiger partial charge in [0.2, 0.25) is 0 Å². The Morgan fingerprint density at radius 1 is 1.47 bits per heavy atom. The molecule has 1 N–H and O–H groups in total. The Balaban J connectivity index is 2.03. The minimum Gasteiger partial charge on any atom is -0.346 e. The van der Waals surface area contributed by atoms with Crippen molar-refractivity contribution < 1.29 is 0 Å². The number of hydrogen-bond donors (Lipinski definition) is 1. The first-order valence-corrected chi connectivity index (χ1v) is 5.99. The van der Waals surface area contributed by atoms with Gasteiger partial charge in [-0.05, 0) is 13.0 Å². The van der Waals surface area contributed by atoms with Crippen molar-refractivity contribution in [2.24, 2.45) is 0 Å². The lowest BCUT2D eigenvalue weighted by Gasteiger charge is -2.06. The van der Waals surface area contributed by atoms with E-state index in [2.05, 4.69) is 26.1 Å². The van der Waals surface area contributed by atoms with Crippen molar-refractivity contribution in [3.05, 3.63) is 31.0 Å². The third-order valence-electron chi connectivity index (χ3n) is 3.07. The van der Waals surface area contributed by atoms with Crippen LogP contribution in [0.15, 0.2) is 31.0 Å². The van der Waals surface area contributed by atoms with E-state index in [1.165, 1.54) is 6.33 Å². The lowest BCUT2D eigenvalue weighted by molar-refractivity contribution is 0.500. The molecule has 0 aromatic carbocycles. The van der Waals surface area contributed by atoms with Crippen LogP contribution in [-0.4, -0.2) is 24.7 Å². The molecule has 0 bridgehead atoms. The van der Waals surface area contributed by atoms with Crippen molar-refractivity contribution in [1.29, 1.82) is 5.26 Å². The number of nitrogens with zero attached hydrogens (tertiary/aromatic N) is 5. The Morgan fingerprint density at radius 2 is 2.37 bits per heavy atom. The average Bonchev–Trinajstić information content (AvgIpc) is 3.07. The number of rotatable bonds is 3. The first-order chi connectivity index (χ1) is 9.29. The number of aromatic amines is 1. The number of nitriles is 1. The zero-order chi connectivity index (χ0) is 13.2. The van der Waals surface area contributed by atoms with Crippen LogP contribution < -0.4 is 0 Å². The van der Waals surface area contributed by atoms with Gasteiger partial charge in [-0.3, -0.25) is 4.68 Å². The third-order valence-corrected chi connectivity index (χ3v) is 3.07. The van der Waals surface area contributed by atoms with Crippen LogP contribution in [-0.2, 0) is 0 Å². The van der Waals surface area contributed by atoms with Crippen molar-refractivity contribution in [2.75, 3.05) is 0 Å². The molecule has 19 heavy (non-hydrogen) atoms. The molecule has 0 aliphatic rings. The van der Waals surface area contributed by atoms with Gasteiger partial charge in [0.25, 0.3) is 0 Å². The standard InChI is InChI=1S/C13H12N6/c1-9(2-4-14)19-7-10(6-18-19)12-11-3-5-15-13(11)17-8-16-12/h3,5-9H,2H2,1H3,(H,15,16,17)/t9-/m1/s1. The molecule has 0 spiro atoms. The fourth-order valence-corrected chi connectivity index (χ4v) is 2.03. The van der Waals surface area contributed by atoms with Crippen LogP contribution in [0.5, 0.6) is 0 Å². The van der Waals surface area contributed by atoms with Gasteiger partial charge in [0.1, 0.15) is 12.0 Å². The number of fused-ring (bicyclic) bond motifs is 1. The summed E-state index contributed by atoms with van der Waals surface area (Å²) in [7, 11) is 0. The van der Waals surface area contributed by atoms with Crippen LogP contribution >= 0.6 is 0 Å². The van der Waals surface area contributed by atoms with Gasteiger partial charge in [-0.2, -0.15) is 10.4 Å². The Bertz CT molecular complexity index is 748. The molecule has 0 radical (unpaired) electrons. The van der Waals surface area contributed by atoms with Gasteiger partial charge in [0, 0.05) is 23.3 Å². The van der Waals surface area contributed by atoms with E-state index < -0.39 is 0 Å². The molecule has 6 heteroatoms. The first-order valence-electron chi connectivity index (χ1n) is 5.99. The molecule has 3 heterocycles. The first kappa shape index (κ1) is 11.4. The van der Waals surface area contributed by atoms with E-state index in [9.17, 15) is 0 Å². The van der Waals surface area contributed by atoms with E-state index in [-0.39, 0.29) is 6.04 Å². The lowest BCUT2D eigenvalue weighted by Crippen LogP contribution is -2.04. The zero-order valence-corrected chi connectivity index (χ0v) is 10.4. The SMILES string of the molecule is C[C@H](CC#N)n1cc(-c2ncnc3[nH]ccc23)cn1. The van der Waals surface area contributed by atoms with Crippen molar-refractivity contribution in [3.63, 3.8) is 0 Å². The highest BCUT2D eigenvalue weighted by molar-refractivity contribution is 5.89. The van der Waals surface area contributed by atoms with Gasteiger partial charge in [-0.15, -0.1) is 0 Å². The highest BCUT2D eigenvalue weighted by Gasteiger charge is 2.11. The van der Waals surface area contributed by atoms with E-state index >= 15 is 0 Å². The summed E-state index contributed by atoms with van der Waals surface area (Å²) >= 11 is 0. The summed E-state index contributed by atoms with van der Waals surface area (Å²) in [5.74, 6) is 0. The topological polar surface area (TPSA) is 83.2 Å². The largest absolute Gasteiger partial charge is 0.346 e. The normalized spacial score (nSPS) is 12.4. The Hall–Kier alpha value is -2.68. The molecule has 0 saturated heterocycles. The Morgan fingerprint density at radius 3 is 3.21 bits per heavy atom. The van der Waals surface area contributed by atoms with Gasteiger partial charge < -0.3 is 4.98 Å². The number of nitrogens with one attached hydrogen (secondary N) is 1. The molecule has 0 aliphatic carbocycles. The van der Waals surface area contributed by atoms with E-state index in [0.717, 1.165) is 22.3 Å². The predicted octanol–water partition coefficient (Wildman–Crippen LogP) is 2.30. The summed E-state index contributed by atoms with van der Waals surface area (Å²) in [4.78, 5) is 11.5. The third kappa shape index (κ3) is 1.95. The maximum atomic E-state index is 8.72. The summed E-state index contributed by atoms with van der Waals surface area (Å²) < 4.78 is 1.79. The molecule has 94 valence electrons. The predicted molar refractivity (Wildman–Crippen MR) is 70.1 cm³/mol. The molecular weight excluding hydrogens is 240 g/mol. The second-order valence-electron chi connectivity index (χ2n) is 4.38. The van der Waals surface area contributed by atoms with Crippen LogP contribution in [0.1, 0.15) is 19.4 Å². The maximum absolute atomic E-state index is 8.72. The second-order valence-corrected chi connectivity index (χ2v) is 4.38. The smallest absolute Gasteiger partial charge is 0.141 e. The van der Waals surface area contributed by atoms with Gasteiger partial charge in [0.05, 0.1) is 30.4 Å². The average molecular weight is 252 g/mol. The van der Waals surface area contributed by atoms with Crippen LogP contribution in [0.2, 0.25) is 0 Å². The fraction of sp³-hybridized carbons (Fsp3) is 0.231. The van der Waals surface area contributed by atoms with E-state index in [0.29, 0.717) is 6.42 Å². The molecule has 0 amide bonds. The molecule has 0 aliphatic heterocycles. The van der Waals surface area contributed by atoms with Crippen molar-refractivity contribution in [1.82, 2.24) is 24.7 Å². The second kappa shape index (κ2) is 4.53. The molecule has 0 unspecified atom stereocenters. The summed E-state index contributed by atoms with van der Waals surface area (Å²) in [5, 5.41) is 14.0. The Labute approximate surface area is 109 Å². The molecule has 3 aromatic heterocycles. The molecule has 6 nitrogen and oxygen atoms in total. The molecule has 0 fully saturated rings. The highest BCUT2D eigenvalue weighted by Crippen LogP contribution is 2.25. The van der Waals surface area contributed by atoms with Crippen LogP contribution in [0.4, 0.5) is 0 Å². The monoisotopic (exact) mass is 252 g/mol. The summed E-state index contributed by atoms with van der Waals surface area (Å²) in [6.45, 7) is 1.96. The van der Waals surface area contributed by atoms with Crippen molar-refractivity contribution >= 4 is 11.0 Å². The number of aromatic nitrogens is 5. The van der Waals surface area contributed by atoms with Crippen LogP contribution in [0.3, 0.4) is 0 Å². The van der Waals surface area contributed by atoms with Crippen molar-refractivity contribution in [3.8, 4) is 17.3 Å². The van der Waals surface area contributed by atoms with E-state index in [1.807, 2.05) is 25.4 Å². The van der Waals surface area contributed by atoms with Crippen molar-refractivity contribution in [2.45, 2.75) is 19.4 Å². The van der Waals surface area contributed by atoms with Gasteiger partial charge in [-0.25, -0.2) is 9.97 Å². The van der Waals surface area contributed by atoms with Gasteiger partial charge in [-0.1, -0.05) is 0 Å². The van der Waals surface area contributed by atoms with E-state index in [4.69, 9.17) is 5.26 Å². The van der Waals surface area contributed by atoms with Gasteiger partial charge in [0.15, 0.2) is 0 Å². The molecule has 3 aromatic rings. The summed E-state index contributed by atoms with van der Waals surface area (Å²) in [6, 6.07) is 4.15. The molecule has 3 rings (SSSR count). The van der Waals surface area contributed by atoms with E-state index in [1.54, 1.807) is 10.9 Å².